The van der Waals surface area contributed by atoms with Crippen molar-refractivity contribution in [1.29, 1.82) is 0 Å². The summed E-state index contributed by atoms with van der Waals surface area (Å²) in [5.74, 6) is 0.683. The van der Waals surface area contributed by atoms with Gasteiger partial charge in [-0.15, -0.1) is 0 Å². The summed E-state index contributed by atoms with van der Waals surface area (Å²) in [7, 11) is 0. The maximum absolute atomic E-state index is 5.87. The Balaban J connectivity index is 1.78. The van der Waals surface area contributed by atoms with Crippen molar-refractivity contribution in [3.05, 3.63) is 29.3 Å². The van der Waals surface area contributed by atoms with Gasteiger partial charge in [-0.2, -0.15) is 0 Å². The average molecular weight is 220 g/mol. The van der Waals surface area contributed by atoms with Crippen molar-refractivity contribution in [1.82, 2.24) is 5.32 Å². The van der Waals surface area contributed by atoms with Crippen molar-refractivity contribution >= 4 is 5.69 Å². The molecule has 0 radical (unpaired) electrons. The monoisotopic (exact) mass is 220 g/mol. The fourth-order valence-electron chi connectivity index (χ4n) is 1.96. The van der Waals surface area contributed by atoms with E-state index in [2.05, 4.69) is 17.4 Å². The Kier molecular flexibility index (Phi) is 3.80. The normalized spacial score (nSPS) is 20.2. The molecule has 1 unspecified atom stereocenters. The van der Waals surface area contributed by atoms with Gasteiger partial charge in [0.05, 0.1) is 6.61 Å². The van der Waals surface area contributed by atoms with Crippen LogP contribution in [0.1, 0.15) is 17.5 Å². The lowest BCUT2D eigenvalue weighted by molar-refractivity contribution is 0.185. The number of nitrogens with one attached hydrogen (secondary N) is 1. The largest absolute Gasteiger partial charge is 0.399 e. The third-order valence-corrected chi connectivity index (χ3v) is 3.13. The zero-order valence-electron chi connectivity index (χ0n) is 9.83. The lowest BCUT2D eigenvalue weighted by Gasteiger charge is -2.10. The van der Waals surface area contributed by atoms with E-state index in [0.29, 0.717) is 5.92 Å². The maximum atomic E-state index is 5.87. The number of hydrogen-bond acceptors (Lipinski definition) is 3. The smallest absolute Gasteiger partial charge is 0.0507 e. The zero-order valence-corrected chi connectivity index (χ0v) is 9.83. The minimum absolute atomic E-state index is 0.683. The predicted molar refractivity (Wildman–Crippen MR) is 66.2 cm³/mol. The molecule has 1 fully saturated rings. The molecule has 1 atom stereocenters. The van der Waals surface area contributed by atoms with Gasteiger partial charge in [0.2, 0.25) is 0 Å². The van der Waals surface area contributed by atoms with Gasteiger partial charge in [0, 0.05) is 25.4 Å². The summed E-state index contributed by atoms with van der Waals surface area (Å²) in [4.78, 5) is 0. The molecule has 88 valence electrons. The number of benzene rings is 1. The summed E-state index contributed by atoms with van der Waals surface area (Å²) in [6.45, 7) is 5.78. The van der Waals surface area contributed by atoms with Gasteiger partial charge in [0.1, 0.15) is 0 Å². The van der Waals surface area contributed by atoms with Gasteiger partial charge < -0.3 is 15.8 Å². The third-order valence-electron chi connectivity index (χ3n) is 3.13. The molecule has 1 heterocycles. The summed E-state index contributed by atoms with van der Waals surface area (Å²) < 4.78 is 5.33. The molecule has 3 nitrogen and oxygen atoms in total. The molecule has 16 heavy (non-hydrogen) atoms. The van der Waals surface area contributed by atoms with Crippen LogP contribution in [0, 0.1) is 12.8 Å². The van der Waals surface area contributed by atoms with Crippen LogP contribution in [0.4, 0.5) is 5.69 Å². The van der Waals surface area contributed by atoms with Gasteiger partial charge in [-0.05, 0) is 36.5 Å². The van der Waals surface area contributed by atoms with Crippen LogP contribution in [0.25, 0.3) is 0 Å². The summed E-state index contributed by atoms with van der Waals surface area (Å²) in [5, 5.41) is 3.45. The number of nitrogens with two attached hydrogens (primary N) is 1. The van der Waals surface area contributed by atoms with Gasteiger partial charge in [-0.25, -0.2) is 0 Å². The number of anilines is 1. The van der Waals surface area contributed by atoms with Crippen LogP contribution in [0.15, 0.2) is 18.2 Å². The first-order valence-electron chi connectivity index (χ1n) is 5.89. The third kappa shape index (κ3) is 2.97. The minimum Gasteiger partial charge on any atom is -0.399 e. The van der Waals surface area contributed by atoms with E-state index in [1.165, 1.54) is 12.0 Å². The highest BCUT2D eigenvalue weighted by Gasteiger charge is 2.14. The first-order chi connectivity index (χ1) is 7.75. The van der Waals surface area contributed by atoms with Gasteiger partial charge in [0.25, 0.3) is 0 Å². The highest BCUT2D eigenvalue weighted by atomic mass is 16.5. The van der Waals surface area contributed by atoms with Crippen molar-refractivity contribution < 1.29 is 4.74 Å². The molecule has 0 spiro atoms. The second-order valence-electron chi connectivity index (χ2n) is 4.55. The zero-order chi connectivity index (χ0) is 11.4. The fourth-order valence-corrected chi connectivity index (χ4v) is 1.96. The SMILES string of the molecule is Cc1ccc(CNCC2CCOC2)cc1N. The lowest BCUT2D eigenvalue weighted by Crippen LogP contribution is -2.22. The number of ether oxygens (including phenoxy) is 1. The van der Waals surface area contributed by atoms with Crippen LogP contribution < -0.4 is 11.1 Å². The second kappa shape index (κ2) is 5.32. The Hall–Kier alpha value is -1.06. The molecule has 0 aromatic heterocycles. The van der Waals surface area contributed by atoms with Crippen LogP contribution in [0.2, 0.25) is 0 Å². The van der Waals surface area contributed by atoms with E-state index in [1.807, 2.05) is 13.0 Å². The van der Waals surface area contributed by atoms with Crippen LogP contribution in [-0.4, -0.2) is 19.8 Å². The second-order valence-corrected chi connectivity index (χ2v) is 4.55. The summed E-state index contributed by atoms with van der Waals surface area (Å²) >= 11 is 0. The van der Waals surface area contributed by atoms with Crippen molar-refractivity contribution in [3.63, 3.8) is 0 Å². The first-order valence-corrected chi connectivity index (χ1v) is 5.89. The fraction of sp³-hybridized carbons (Fsp3) is 0.538. The van der Waals surface area contributed by atoms with Crippen LogP contribution in [0.5, 0.6) is 0 Å². The van der Waals surface area contributed by atoms with E-state index in [0.717, 1.165) is 37.6 Å². The standard InChI is InChI=1S/C13H20N2O/c1-10-2-3-11(6-13(10)14)7-15-8-12-4-5-16-9-12/h2-3,6,12,15H,4-5,7-9,14H2,1H3. The molecule has 1 saturated heterocycles. The molecule has 3 heteroatoms. The Labute approximate surface area is 97.0 Å². The van der Waals surface area contributed by atoms with E-state index in [9.17, 15) is 0 Å². The summed E-state index contributed by atoms with van der Waals surface area (Å²) in [6, 6.07) is 6.25. The summed E-state index contributed by atoms with van der Waals surface area (Å²) in [6.07, 6.45) is 1.18. The van der Waals surface area contributed by atoms with Gasteiger partial charge >= 0.3 is 0 Å². The molecule has 0 bridgehead atoms. The molecule has 3 N–H and O–H groups in total. The number of rotatable bonds is 4. The highest BCUT2D eigenvalue weighted by molar-refractivity contribution is 5.48. The Bertz CT molecular complexity index is 346. The molecule has 1 aromatic rings. The van der Waals surface area contributed by atoms with Crippen molar-refractivity contribution in [3.8, 4) is 0 Å². The Morgan fingerprint density at radius 3 is 3.06 bits per heavy atom. The Morgan fingerprint density at radius 2 is 2.38 bits per heavy atom. The molecule has 2 rings (SSSR count). The number of aryl methyl sites for hydroxylation is 1. The van der Waals surface area contributed by atoms with Gasteiger partial charge in [-0.3, -0.25) is 0 Å². The molecular formula is C13H20N2O. The molecule has 0 amide bonds. The quantitative estimate of drug-likeness (QED) is 0.759. The molecule has 1 aliphatic rings. The van der Waals surface area contributed by atoms with Gasteiger partial charge in [0.15, 0.2) is 0 Å². The maximum Gasteiger partial charge on any atom is 0.0507 e. The lowest BCUT2D eigenvalue weighted by atomic mass is 10.1. The Morgan fingerprint density at radius 1 is 1.50 bits per heavy atom. The van der Waals surface area contributed by atoms with E-state index in [1.54, 1.807) is 0 Å². The van der Waals surface area contributed by atoms with Crippen LogP contribution >= 0.6 is 0 Å². The minimum atomic E-state index is 0.683. The van der Waals surface area contributed by atoms with E-state index in [4.69, 9.17) is 10.5 Å². The first kappa shape index (κ1) is 11.4. The van der Waals surface area contributed by atoms with E-state index in [-0.39, 0.29) is 0 Å². The summed E-state index contributed by atoms with van der Waals surface area (Å²) in [5.41, 5.74) is 9.14. The predicted octanol–water partition coefficient (Wildman–Crippen LogP) is 1.70. The van der Waals surface area contributed by atoms with E-state index >= 15 is 0 Å². The molecule has 0 aliphatic carbocycles. The van der Waals surface area contributed by atoms with Crippen molar-refractivity contribution in [2.45, 2.75) is 19.9 Å². The van der Waals surface area contributed by atoms with Crippen molar-refractivity contribution in [2.24, 2.45) is 5.92 Å². The molecule has 1 aromatic carbocycles. The molecule has 1 aliphatic heterocycles. The molecule has 0 saturated carbocycles. The topological polar surface area (TPSA) is 47.3 Å². The van der Waals surface area contributed by atoms with Crippen molar-refractivity contribution in [2.75, 3.05) is 25.5 Å². The average Bonchev–Trinajstić information content (AvgIpc) is 2.76. The van der Waals surface area contributed by atoms with Crippen LogP contribution in [-0.2, 0) is 11.3 Å². The molecular weight excluding hydrogens is 200 g/mol. The number of hydrogen-bond donors (Lipinski definition) is 2. The van der Waals surface area contributed by atoms with Gasteiger partial charge in [-0.1, -0.05) is 12.1 Å². The highest BCUT2D eigenvalue weighted by Crippen LogP contribution is 2.14. The number of nitrogen functional groups attached to an aromatic ring is 1. The van der Waals surface area contributed by atoms with Crippen LogP contribution in [0.3, 0.4) is 0 Å². The van der Waals surface area contributed by atoms with E-state index < -0.39 is 0 Å².